The molecule has 1 rings (SSSR count). The second-order valence-corrected chi connectivity index (χ2v) is 3.97. The van der Waals surface area contributed by atoms with Crippen molar-refractivity contribution in [1.82, 2.24) is 4.90 Å². The fraction of sp³-hybridized carbons (Fsp3) is 0.750. The second-order valence-electron chi connectivity index (χ2n) is 3.97. The van der Waals surface area contributed by atoms with E-state index in [-0.39, 0.29) is 6.04 Å². The van der Waals surface area contributed by atoms with Gasteiger partial charge in [0.1, 0.15) is 5.78 Å². The van der Waals surface area contributed by atoms with Crippen LogP contribution in [0.15, 0.2) is 12.7 Å². The molecular weight excluding hydrogens is 174 g/mol. The Morgan fingerprint density at radius 3 is 2.79 bits per heavy atom. The van der Waals surface area contributed by atoms with Gasteiger partial charge < -0.3 is 0 Å². The largest absolute Gasteiger partial charge is 0.298 e. The summed E-state index contributed by atoms with van der Waals surface area (Å²) >= 11 is 0. The van der Waals surface area contributed by atoms with Gasteiger partial charge in [-0.15, -0.1) is 6.58 Å². The zero-order valence-corrected chi connectivity index (χ0v) is 9.33. The van der Waals surface area contributed by atoms with E-state index in [0.29, 0.717) is 18.1 Å². The van der Waals surface area contributed by atoms with Crippen LogP contribution < -0.4 is 0 Å². The van der Waals surface area contributed by atoms with Crippen LogP contribution in [0.3, 0.4) is 0 Å². The number of nitrogens with zero attached hydrogens (tertiary/aromatic N) is 1. The summed E-state index contributed by atoms with van der Waals surface area (Å²) in [6.45, 7) is 9.92. The van der Waals surface area contributed by atoms with Crippen molar-refractivity contribution in [2.45, 2.75) is 39.2 Å². The smallest absolute Gasteiger partial charge is 0.149 e. The predicted molar refractivity (Wildman–Crippen MR) is 59.3 cm³/mol. The standard InChI is InChI=1S/C12H21NO/c1-4-7-10-8-9-13(6-3)12(10)11(14)5-2/h4,10,12H,1,5-9H2,2-3H3. The lowest BCUT2D eigenvalue weighted by Crippen LogP contribution is -2.39. The molecule has 1 aliphatic rings. The topological polar surface area (TPSA) is 20.3 Å². The van der Waals surface area contributed by atoms with Gasteiger partial charge in [0.2, 0.25) is 0 Å². The van der Waals surface area contributed by atoms with E-state index in [1.165, 1.54) is 0 Å². The summed E-state index contributed by atoms with van der Waals surface area (Å²) in [5.41, 5.74) is 0. The van der Waals surface area contributed by atoms with Gasteiger partial charge >= 0.3 is 0 Å². The minimum Gasteiger partial charge on any atom is -0.298 e. The van der Waals surface area contributed by atoms with Crippen LogP contribution in [0.1, 0.15) is 33.1 Å². The van der Waals surface area contributed by atoms with Gasteiger partial charge in [0, 0.05) is 6.42 Å². The zero-order chi connectivity index (χ0) is 10.6. The van der Waals surface area contributed by atoms with Crippen LogP contribution in [-0.4, -0.2) is 29.8 Å². The molecule has 0 aromatic heterocycles. The molecule has 2 unspecified atom stereocenters. The number of Topliss-reactive ketones (excluding diaryl/α,β-unsaturated/α-hetero) is 1. The highest BCUT2D eigenvalue weighted by Gasteiger charge is 2.36. The fourth-order valence-electron chi connectivity index (χ4n) is 2.42. The van der Waals surface area contributed by atoms with Gasteiger partial charge in [0.25, 0.3) is 0 Å². The first kappa shape index (κ1) is 11.4. The van der Waals surface area contributed by atoms with Crippen molar-refractivity contribution in [1.29, 1.82) is 0 Å². The van der Waals surface area contributed by atoms with Crippen LogP contribution in [0.4, 0.5) is 0 Å². The van der Waals surface area contributed by atoms with E-state index < -0.39 is 0 Å². The Morgan fingerprint density at radius 1 is 1.57 bits per heavy atom. The van der Waals surface area contributed by atoms with E-state index in [9.17, 15) is 4.79 Å². The van der Waals surface area contributed by atoms with Crippen molar-refractivity contribution in [3.8, 4) is 0 Å². The van der Waals surface area contributed by atoms with Crippen LogP contribution >= 0.6 is 0 Å². The SMILES string of the molecule is C=CCC1CCN(CC)C1C(=O)CC. The van der Waals surface area contributed by atoms with Crippen molar-refractivity contribution in [2.24, 2.45) is 5.92 Å². The highest BCUT2D eigenvalue weighted by atomic mass is 16.1. The Labute approximate surface area is 87.0 Å². The predicted octanol–water partition coefficient (Wildman–Crippen LogP) is 2.25. The maximum Gasteiger partial charge on any atom is 0.149 e. The second kappa shape index (κ2) is 5.30. The normalized spacial score (nSPS) is 27.9. The molecule has 80 valence electrons. The van der Waals surface area contributed by atoms with Crippen molar-refractivity contribution >= 4 is 5.78 Å². The number of likely N-dealkylation sites (tertiary alicyclic amines) is 1. The Balaban J connectivity index is 2.69. The number of hydrogen-bond donors (Lipinski definition) is 0. The van der Waals surface area contributed by atoms with Gasteiger partial charge in [-0.3, -0.25) is 9.69 Å². The van der Waals surface area contributed by atoms with Crippen LogP contribution in [0.2, 0.25) is 0 Å². The minimum atomic E-state index is 0.169. The van der Waals surface area contributed by atoms with Gasteiger partial charge in [0.15, 0.2) is 0 Å². The highest BCUT2D eigenvalue weighted by molar-refractivity contribution is 5.84. The van der Waals surface area contributed by atoms with Crippen molar-refractivity contribution in [3.05, 3.63) is 12.7 Å². The molecular formula is C12H21NO. The van der Waals surface area contributed by atoms with Gasteiger partial charge in [-0.2, -0.15) is 0 Å². The molecule has 1 aliphatic heterocycles. The van der Waals surface area contributed by atoms with E-state index in [0.717, 1.165) is 25.9 Å². The van der Waals surface area contributed by atoms with Crippen LogP contribution in [-0.2, 0) is 4.79 Å². The minimum absolute atomic E-state index is 0.169. The van der Waals surface area contributed by atoms with E-state index in [1.54, 1.807) is 0 Å². The van der Waals surface area contributed by atoms with Crippen molar-refractivity contribution < 1.29 is 4.79 Å². The molecule has 0 spiro atoms. The summed E-state index contributed by atoms with van der Waals surface area (Å²) in [5, 5.41) is 0. The molecule has 0 aromatic rings. The monoisotopic (exact) mass is 195 g/mol. The molecule has 1 heterocycles. The average molecular weight is 195 g/mol. The maximum atomic E-state index is 11.8. The molecule has 1 saturated heterocycles. The number of hydrogen-bond acceptors (Lipinski definition) is 2. The number of ketones is 1. The summed E-state index contributed by atoms with van der Waals surface area (Å²) in [6, 6.07) is 0.169. The van der Waals surface area contributed by atoms with E-state index in [1.807, 2.05) is 13.0 Å². The van der Waals surface area contributed by atoms with E-state index in [4.69, 9.17) is 0 Å². The Hall–Kier alpha value is -0.630. The van der Waals surface area contributed by atoms with Gasteiger partial charge in [-0.05, 0) is 31.8 Å². The molecule has 2 heteroatoms. The lowest BCUT2D eigenvalue weighted by atomic mass is 9.92. The Morgan fingerprint density at radius 2 is 2.29 bits per heavy atom. The summed E-state index contributed by atoms with van der Waals surface area (Å²) in [6.07, 6.45) is 4.73. The first-order chi connectivity index (χ1) is 6.74. The first-order valence-electron chi connectivity index (χ1n) is 5.62. The molecule has 0 aliphatic carbocycles. The Bertz CT molecular complexity index is 212. The third-order valence-corrected chi connectivity index (χ3v) is 3.18. The molecule has 14 heavy (non-hydrogen) atoms. The van der Waals surface area contributed by atoms with E-state index in [2.05, 4.69) is 18.4 Å². The number of allylic oxidation sites excluding steroid dienone is 1. The molecule has 0 radical (unpaired) electrons. The molecule has 0 bridgehead atoms. The summed E-state index contributed by atoms with van der Waals surface area (Å²) in [5.74, 6) is 0.913. The first-order valence-corrected chi connectivity index (χ1v) is 5.62. The Kier molecular flexibility index (Phi) is 4.33. The molecule has 2 atom stereocenters. The molecule has 0 aromatic carbocycles. The molecule has 0 saturated carbocycles. The lowest BCUT2D eigenvalue weighted by molar-refractivity contribution is -0.124. The van der Waals surface area contributed by atoms with Crippen LogP contribution in [0.5, 0.6) is 0 Å². The highest BCUT2D eigenvalue weighted by Crippen LogP contribution is 2.28. The molecule has 0 N–H and O–H groups in total. The number of carbonyl (C=O) groups excluding carboxylic acids is 1. The third kappa shape index (κ3) is 2.24. The fourth-order valence-corrected chi connectivity index (χ4v) is 2.42. The number of likely N-dealkylation sites (N-methyl/N-ethyl adjacent to an activating group) is 1. The summed E-state index contributed by atoms with van der Waals surface area (Å²) < 4.78 is 0. The van der Waals surface area contributed by atoms with Crippen molar-refractivity contribution in [3.63, 3.8) is 0 Å². The van der Waals surface area contributed by atoms with Crippen LogP contribution in [0, 0.1) is 5.92 Å². The van der Waals surface area contributed by atoms with Crippen molar-refractivity contribution in [2.75, 3.05) is 13.1 Å². The quantitative estimate of drug-likeness (QED) is 0.627. The van der Waals surface area contributed by atoms with Gasteiger partial charge in [0.05, 0.1) is 6.04 Å². The molecule has 1 fully saturated rings. The third-order valence-electron chi connectivity index (χ3n) is 3.18. The van der Waals surface area contributed by atoms with Gasteiger partial charge in [-0.1, -0.05) is 19.9 Å². The number of carbonyl (C=O) groups is 1. The van der Waals surface area contributed by atoms with Crippen LogP contribution in [0.25, 0.3) is 0 Å². The summed E-state index contributed by atoms with van der Waals surface area (Å²) in [7, 11) is 0. The van der Waals surface area contributed by atoms with Gasteiger partial charge in [-0.25, -0.2) is 0 Å². The van der Waals surface area contributed by atoms with E-state index >= 15 is 0 Å². The lowest BCUT2D eigenvalue weighted by Gasteiger charge is -2.24. The average Bonchev–Trinajstić information content (AvgIpc) is 2.60. The zero-order valence-electron chi connectivity index (χ0n) is 9.33. The number of rotatable bonds is 5. The molecule has 2 nitrogen and oxygen atoms in total. The molecule has 0 amide bonds. The maximum absolute atomic E-state index is 11.8. The summed E-state index contributed by atoms with van der Waals surface area (Å²) in [4.78, 5) is 14.1.